The van der Waals surface area contributed by atoms with E-state index in [2.05, 4.69) is 21.3 Å². The number of benzene rings is 2. The smallest absolute Gasteiger partial charge is 0.238 e. The lowest BCUT2D eigenvalue weighted by Crippen LogP contribution is -2.39. The van der Waals surface area contributed by atoms with Crippen LogP contribution in [0.2, 0.25) is 5.02 Å². The van der Waals surface area contributed by atoms with Crippen molar-refractivity contribution in [1.29, 1.82) is 0 Å². The summed E-state index contributed by atoms with van der Waals surface area (Å²) in [5.41, 5.74) is 3.61. The first-order valence-electron chi connectivity index (χ1n) is 10.4. The van der Waals surface area contributed by atoms with Gasteiger partial charge in [0.25, 0.3) is 0 Å². The highest BCUT2D eigenvalue weighted by Crippen LogP contribution is 2.27. The maximum Gasteiger partial charge on any atom is 0.238 e. The first-order valence-corrected chi connectivity index (χ1v) is 10.7. The maximum absolute atomic E-state index is 12.5. The number of piperidine rings is 1. The molecular formula is C24H26ClN3O2. The van der Waals surface area contributed by atoms with Gasteiger partial charge in [0.05, 0.1) is 30.6 Å². The molecule has 1 saturated heterocycles. The highest BCUT2D eigenvalue weighted by atomic mass is 35.5. The number of aliphatic hydroxyl groups excluding tert-OH is 1. The van der Waals surface area contributed by atoms with Gasteiger partial charge >= 0.3 is 0 Å². The number of rotatable bonds is 6. The molecule has 6 heteroatoms. The number of carbonyl (C=O) groups is 1. The van der Waals surface area contributed by atoms with Crippen LogP contribution in [0, 0.1) is 5.92 Å². The second-order valence-electron chi connectivity index (χ2n) is 7.92. The molecule has 3 aromatic rings. The number of aliphatic hydroxyl groups is 1. The Morgan fingerprint density at radius 2 is 1.97 bits per heavy atom. The fourth-order valence-electron chi connectivity index (χ4n) is 4.17. The normalized spacial score (nSPS) is 15.4. The van der Waals surface area contributed by atoms with Gasteiger partial charge in [-0.2, -0.15) is 0 Å². The van der Waals surface area contributed by atoms with E-state index in [0.29, 0.717) is 17.5 Å². The first kappa shape index (κ1) is 20.8. The molecule has 0 spiro atoms. The number of nitrogens with zero attached hydrogens (tertiary/aromatic N) is 2. The molecule has 0 radical (unpaired) electrons. The summed E-state index contributed by atoms with van der Waals surface area (Å²) < 4.78 is 0. The minimum Gasteiger partial charge on any atom is -0.392 e. The number of para-hydroxylation sites is 1. The van der Waals surface area contributed by atoms with Crippen molar-refractivity contribution in [3.8, 4) is 0 Å². The highest BCUT2D eigenvalue weighted by Gasteiger charge is 2.22. The molecule has 1 fully saturated rings. The molecule has 1 aliphatic rings. The first-order chi connectivity index (χ1) is 14.6. The minimum atomic E-state index is -0.0301. The Morgan fingerprint density at radius 3 is 2.77 bits per heavy atom. The molecule has 0 saturated carbocycles. The number of hydrogen-bond donors (Lipinski definition) is 2. The highest BCUT2D eigenvalue weighted by molar-refractivity contribution is 6.31. The van der Waals surface area contributed by atoms with E-state index in [0.717, 1.165) is 60.1 Å². The Hall–Kier alpha value is -2.47. The van der Waals surface area contributed by atoms with Gasteiger partial charge in [0.2, 0.25) is 5.91 Å². The molecule has 4 rings (SSSR count). The minimum absolute atomic E-state index is 0.0112. The maximum atomic E-state index is 12.5. The largest absolute Gasteiger partial charge is 0.392 e. The second kappa shape index (κ2) is 9.56. The van der Waals surface area contributed by atoms with Gasteiger partial charge in [-0.05, 0) is 67.6 Å². The number of halogens is 1. The summed E-state index contributed by atoms with van der Waals surface area (Å²) in [5.74, 6) is 0.528. The number of likely N-dealkylation sites (tertiary alicyclic amines) is 1. The van der Waals surface area contributed by atoms with Crippen molar-refractivity contribution in [2.75, 3.05) is 25.0 Å². The van der Waals surface area contributed by atoms with Gasteiger partial charge in [-0.1, -0.05) is 41.9 Å². The monoisotopic (exact) mass is 423 g/mol. The van der Waals surface area contributed by atoms with Gasteiger partial charge in [-0.3, -0.25) is 14.7 Å². The van der Waals surface area contributed by atoms with Crippen LogP contribution in [0.4, 0.5) is 5.69 Å². The fourth-order valence-corrected chi connectivity index (χ4v) is 4.43. The number of aromatic nitrogens is 1. The van der Waals surface area contributed by atoms with E-state index >= 15 is 0 Å². The number of carbonyl (C=O) groups excluding carboxylic acids is 1. The van der Waals surface area contributed by atoms with Crippen LogP contribution in [0.25, 0.3) is 10.9 Å². The van der Waals surface area contributed by atoms with Crippen LogP contribution in [0.3, 0.4) is 0 Å². The molecule has 156 valence electrons. The van der Waals surface area contributed by atoms with Gasteiger partial charge < -0.3 is 10.4 Å². The van der Waals surface area contributed by atoms with Gasteiger partial charge in [0.15, 0.2) is 0 Å². The van der Waals surface area contributed by atoms with E-state index in [4.69, 9.17) is 11.6 Å². The summed E-state index contributed by atoms with van der Waals surface area (Å²) in [5, 5.41) is 14.2. The topological polar surface area (TPSA) is 65.5 Å². The van der Waals surface area contributed by atoms with Crippen LogP contribution in [0.1, 0.15) is 24.0 Å². The van der Waals surface area contributed by atoms with Gasteiger partial charge in [-0.15, -0.1) is 0 Å². The molecule has 0 aliphatic carbocycles. The SMILES string of the molecule is O=C(CN1CCC(Cc2cccc(Cl)c2CO)CC1)Nc1cnc2ccccc2c1. The second-order valence-corrected chi connectivity index (χ2v) is 8.33. The standard InChI is InChI=1S/C24H26ClN3O2/c25-22-6-3-5-18(21(22)16-29)12-17-8-10-28(11-9-17)15-24(30)27-20-13-19-4-1-2-7-23(19)26-14-20/h1-7,13-14,17,29H,8-12,15-16H2,(H,27,30). The number of anilines is 1. The van der Waals surface area contributed by atoms with Gasteiger partial charge in [0.1, 0.15) is 0 Å². The predicted octanol–water partition coefficient (Wildman–Crippen LogP) is 4.27. The number of fused-ring (bicyclic) bond motifs is 1. The molecule has 5 nitrogen and oxygen atoms in total. The average Bonchev–Trinajstić information content (AvgIpc) is 2.75. The summed E-state index contributed by atoms with van der Waals surface area (Å²) in [4.78, 5) is 19.1. The van der Waals surface area contributed by atoms with Crippen molar-refractivity contribution in [3.05, 3.63) is 70.9 Å². The molecular weight excluding hydrogens is 398 g/mol. The Labute approximate surface area is 181 Å². The molecule has 2 heterocycles. The van der Waals surface area contributed by atoms with Crippen LogP contribution in [0.5, 0.6) is 0 Å². The Balaban J connectivity index is 1.28. The van der Waals surface area contributed by atoms with Crippen LogP contribution in [-0.2, 0) is 17.8 Å². The third-order valence-corrected chi connectivity index (χ3v) is 6.19. The number of nitrogens with one attached hydrogen (secondary N) is 1. The van der Waals surface area contributed by atoms with E-state index in [1.165, 1.54) is 0 Å². The van der Waals surface area contributed by atoms with Crippen molar-refractivity contribution in [3.63, 3.8) is 0 Å². The number of pyridine rings is 1. The Morgan fingerprint density at radius 1 is 1.17 bits per heavy atom. The van der Waals surface area contributed by atoms with Crippen molar-refractivity contribution < 1.29 is 9.90 Å². The van der Waals surface area contributed by atoms with Gasteiger partial charge in [-0.25, -0.2) is 0 Å². The van der Waals surface area contributed by atoms with E-state index in [-0.39, 0.29) is 12.5 Å². The zero-order chi connectivity index (χ0) is 20.9. The predicted molar refractivity (Wildman–Crippen MR) is 121 cm³/mol. The van der Waals surface area contributed by atoms with E-state index < -0.39 is 0 Å². The van der Waals surface area contributed by atoms with Crippen molar-refractivity contribution in [2.24, 2.45) is 5.92 Å². The third-order valence-electron chi connectivity index (χ3n) is 5.83. The molecule has 2 aromatic carbocycles. The molecule has 0 atom stereocenters. The third kappa shape index (κ3) is 4.98. The fraction of sp³-hybridized carbons (Fsp3) is 0.333. The Bertz CT molecular complexity index is 1030. The average molecular weight is 424 g/mol. The van der Waals surface area contributed by atoms with E-state index in [1.54, 1.807) is 6.20 Å². The summed E-state index contributed by atoms with van der Waals surface area (Å²) in [6, 6.07) is 15.6. The van der Waals surface area contributed by atoms with Crippen molar-refractivity contribution in [2.45, 2.75) is 25.9 Å². The molecule has 2 N–H and O–H groups in total. The zero-order valence-electron chi connectivity index (χ0n) is 16.9. The van der Waals surface area contributed by atoms with Crippen LogP contribution < -0.4 is 5.32 Å². The number of hydrogen-bond acceptors (Lipinski definition) is 4. The molecule has 0 bridgehead atoms. The quantitative estimate of drug-likeness (QED) is 0.621. The molecule has 0 unspecified atom stereocenters. The van der Waals surface area contributed by atoms with E-state index in [1.807, 2.05) is 42.5 Å². The van der Waals surface area contributed by atoms with Crippen molar-refractivity contribution >= 4 is 34.1 Å². The van der Waals surface area contributed by atoms with Crippen molar-refractivity contribution in [1.82, 2.24) is 9.88 Å². The summed E-state index contributed by atoms with van der Waals surface area (Å²) >= 11 is 6.21. The van der Waals surface area contributed by atoms with Crippen LogP contribution in [0.15, 0.2) is 54.7 Å². The summed E-state index contributed by atoms with van der Waals surface area (Å²) in [6.45, 7) is 2.14. The lowest BCUT2D eigenvalue weighted by molar-refractivity contribution is -0.117. The van der Waals surface area contributed by atoms with Gasteiger partial charge in [0, 0.05) is 10.4 Å². The lowest BCUT2D eigenvalue weighted by Gasteiger charge is -2.31. The Kier molecular flexibility index (Phi) is 6.62. The molecule has 1 aromatic heterocycles. The zero-order valence-corrected chi connectivity index (χ0v) is 17.6. The van der Waals surface area contributed by atoms with Crippen LogP contribution in [-0.4, -0.2) is 40.5 Å². The lowest BCUT2D eigenvalue weighted by atomic mass is 9.88. The molecule has 1 amide bonds. The molecule has 30 heavy (non-hydrogen) atoms. The summed E-state index contributed by atoms with van der Waals surface area (Å²) in [7, 11) is 0. The summed E-state index contributed by atoms with van der Waals surface area (Å²) in [6.07, 6.45) is 4.68. The van der Waals surface area contributed by atoms with E-state index in [9.17, 15) is 9.90 Å². The van der Waals surface area contributed by atoms with Crippen LogP contribution >= 0.6 is 11.6 Å². The molecule has 1 aliphatic heterocycles. The number of amides is 1.